The minimum absolute atomic E-state index is 0.0303. The standard InChI is InChI=1S/C23H31NO4/c1-24-14-10-19(11-15-24)27-20(25)16-23(18-8-4-2-5-9-18)17-22(21(26)28-23)12-6-3-7-13-22/h2,4-5,8-9,19H,3,6-7,10-17H2,1H3. The number of rotatable bonds is 4. The first-order valence-electron chi connectivity index (χ1n) is 10.7. The fourth-order valence-corrected chi connectivity index (χ4v) is 5.22. The van der Waals surface area contributed by atoms with Gasteiger partial charge in [-0.1, -0.05) is 49.6 Å². The van der Waals surface area contributed by atoms with Gasteiger partial charge in [0.05, 0.1) is 11.8 Å². The average molecular weight is 386 g/mol. The highest BCUT2D eigenvalue weighted by Crippen LogP contribution is 2.55. The maximum atomic E-state index is 13.0. The smallest absolute Gasteiger partial charge is 0.313 e. The Morgan fingerprint density at radius 1 is 1.14 bits per heavy atom. The van der Waals surface area contributed by atoms with Crippen LogP contribution in [-0.2, 0) is 24.7 Å². The van der Waals surface area contributed by atoms with E-state index >= 15 is 0 Å². The van der Waals surface area contributed by atoms with Crippen LogP contribution in [0.4, 0.5) is 0 Å². The second kappa shape index (κ2) is 7.86. The summed E-state index contributed by atoms with van der Waals surface area (Å²) < 4.78 is 11.9. The first-order valence-corrected chi connectivity index (χ1v) is 10.7. The van der Waals surface area contributed by atoms with Gasteiger partial charge in [0.1, 0.15) is 11.7 Å². The molecule has 2 heterocycles. The fraction of sp³-hybridized carbons (Fsp3) is 0.652. The van der Waals surface area contributed by atoms with E-state index in [1.165, 1.54) is 6.42 Å². The van der Waals surface area contributed by atoms with Gasteiger partial charge in [-0.05, 0) is 38.3 Å². The van der Waals surface area contributed by atoms with Gasteiger partial charge in [0.2, 0.25) is 0 Å². The van der Waals surface area contributed by atoms with Crippen molar-refractivity contribution in [2.45, 2.75) is 69.5 Å². The van der Waals surface area contributed by atoms with Crippen LogP contribution in [0, 0.1) is 5.41 Å². The van der Waals surface area contributed by atoms with Crippen molar-refractivity contribution >= 4 is 11.9 Å². The zero-order chi connectivity index (χ0) is 19.6. The molecule has 1 aromatic carbocycles. The van der Waals surface area contributed by atoms with E-state index < -0.39 is 11.0 Å². The number of nitrogens with zero attached hydrogens (tertiary/aromatic N) is 1. The first kappa shape index (κ1) is 19.4. The second-order valence-electron chi connectivity index (χ2n) is 8.94. The van der Waals surface area contributed by atoms with Crippen LogP contribution < -0.4 is 0 Å². The van der Waals surface area contributed by atoms with E-state index in [2.05, 4.69) is 11.9 Å². The molecule has 0 N–H and O–H groups in total. The summed E-state index contributed by atoms with van der Waals surface area (Å²) in [6.45, 7) is 1.89. The Labute approximate surface area is 167 Å². The van der Waals surface area contributed by atoms with Gasteiger partial charge in [-0.15, -0.1) is 0 Å². The number of likely N-dealkylation sites (tertiary alicyclic amines) is 1. The highest BCUT2D eigenvalue weighted by atomic mass is 16.6. The molecule has 4 rings (SSSR count). The van der Waals surface area contributed by atoms with Gasteiger partial charge < -0.3 is 14.4 Å². The lowest BCUT2D eigenvalue weighted by Crippen LogP contribution is -2.37. The molecule has 1 saturated carbocycles. The molecule has 1 aromatic rings. The van der Waals surface area contributed by atoms with E-state index in [4.69, 9.17) is 9.47 Å². The molecular weight excluding hydrogens is 354 g/mol. The average Bonchev–Trinajstić information content (AvgIpc) is 2.96. The lowest BCUT2D eigenvalue weighted by molar-refractivity contribution is -0.164. The summed E-state index contributed by atoms with van der Waals surface area (Å²) in [5.74, 6) is -0.373. The zero-order valence-electron chi connectivity index (χ0n) is 16.8. The number of benzene rings is 1. The van der Waals surface area contributed by atoms with Gasteiger partial charge in [0.15, 0.2) is 0 Å². The molecule has 2 saturated heterocycles. The lowest BCUT2D eigenvalue weighted by Gasteiger charge is -2.33. The third kappa shape index (κ3) is 3.82. The van der Waals surface area contributed by atoms with Crippen molar-refractivity contribution in [1.29, 1.82) is 0 Å². The van der Waals surface area contributed by atoms with Gasteiger partial charge in [-0.3, -0.25) is 9.59 Å². The van der Waals surface area contributed by atoms with Crippen molar-refractivity contribution in [3.63, 3.8) is 0 Å². The molecule has 0 amide bonds. The van der Waals surface area contributed by atoms with Gasteiger partial charge in [-0.2, -0.15) is 0 Å². The maximum absolute atomic E-state index is 13.0. The molecule has 1 atom stereocenters. The maximum Gasteiger partial charge on any atom is 0.313 e. The van der Waals surface area contributed by atoms with Crippen LogP contribution in [0.5, 0.6) is 0 Å². The Balaban J connectivity index is 1.53. The Hall–Kier alpha value is -1.88. The molecule has 1 unspecified atom stereocenters. The molecule has 28 heavy (non-hydrogen) atoms. The predicted molar refractivity (Wildman–Crippen MR) is 106 cm³/mol. The minimum Gasteiger partial charge on any atom is -0.462 e. The van der Waals surface area contributed by atoms with Gasteiger partial charge in [0.25, 0.3) is 0 Å². The van der Waals surface area contributed by atoms with Crippen molar-refractivity contribution in [1.82, 2.24) is 4.90 Å². The highest BCUT2D eigenvalue weighted by Gasteiger charge is 2.58. The van der Waals surface area contributed by atoms with E-state index in [1.54, 1.807) is 0 Å². The SMILES string of the molecule is CN1CCC(OC(=O)CC2(c3ccccc3)CC3(CCCCC3)C(=O)O2)CC1. The minimum atomic E-state index is -0.891. The number of esters is 2. The zero-order valence-corrected chi connectivity index (χ0v) is 16.8. The predicted octanol–water partition coefficient (Wildman–Crippen LogP) is 3.81. The van der Waals surface area contributed by atoms with Crippen LogP contribution in [0.15, 0.2) is 30.3 Å². The van der Waals surface area contributed by atoms with E-state index in [9.17, 15) is 9.59 Å². The van der Waals surface area contributed by atoms with Gasteiger partial charge in [-0.25, -0.2) is 0 Å². The van der Waals surface area contributed by atoms with E-state index in [0.717, 1.165) is 57.2 Å². The number of piperidine rings is 1. The number of carbonyl (C=O) groups is 2. The first-order chi connectivity index (χ1) is 13.5. The molecule has 3 aliphatic rings. The monoisotopic (exact) mass is 385 g/mol. The molecule has 0 radical (unpaired) electrons. The molecule has 2 aliphatic heterocycles. The summed E-state index contributed by atoms with van der Waals surface area (Å²) >= 11 is 0. The van der Waals surface area contributed by atoms with E-state index in [0.29, 0.717) is 6.42 Å². The Kier molecular flexibility index (Phi) is 5.46. The van der Waals surface area contributed by atoms with Gasteiger partial charge >= 0.3 is 11.9 Å². The second-order valence-corrected chi connectivity index (χ2v) is 8.94. The summed E-state index contributed by atoms with van der Waals surface area (Å²) in [5.41, 5.74) is -0.411. The van der Waals surface area contributed by atoms with Crippen LogP contribution >= 0.6 is 0 Å². The summed E-state index contributed by atoms with van der Waals surface area (Å²) in [6.07, 6.45) is 7.41. The summed E-state index contributed by atoms with van der Waals surface area (Å²) in [6, 6.07) is 9.77. The Bertz CT molecular complexity index is 705. The van der Waals surface area contributed by atoms with E-state index in [-0.39, 0.29) is 24.5 Å². The summed E-state index contributed by atoms with van der Waals surface area (Å²) in [4.78, 5) is 28.1. The third-order valence-corrected chi connectivity index (χ3v) is 6.85. The molecule has 152 valence electrons. The molecule has 1 spiro atoms. The number of carbonyl (C=O) groups excluding carboxylic acids is 2. The van der Waals surface area contributed by atoms with Crippen LogP contribution in [0.3, 0.4) is 0 Å². The number of cyclic esters (lactones) is 1. The quantitative estimate of drug-likeness (QED) is 0.738. The number of hydrogen-bond donors (Lipinski definition) is 0. The molecule has 3 fully saturated rings. The van der Waals surface area contributed by atoms with Crippen LogP contribution in [0.25, 0.3) is 0 Å². The van der Waals surface area contributed by atoms with Crippen LogP contribution in [-0.4, -0.2) is 43.1 Å². The lowest BCUT2D eigenvalue weighted by atomic mass is 9.68. The van der Waals surface area contributed by atoms with Crippen molar-refractivity contribution < 1.29 is 19.1 Å². The summed E-state index contributed by atoms with van der Waals surface area (Å²) in [5, 5.41) is 0. The highest BCUT2D eigenvalue weighted by molar-refractivity contribution is 5.82. The third-order valence-electron chi connectivity index (χ3n) is 6.85. The number of hydrogen-bond acceptors (Lipinski definition) is 5. The molecular formula is C23H31NO4. The van der Waals surface area contributed by atoms with E-state index in [1.807, 2.05) is 30.3 Å². The van der Waals surface area contributed by atoms with Crippen LogP contribution in [0.1, 0.15) is 63.4 Å². The molecule has 0 aromatic heterocycles. The van der Waals surface area contributed by atoms with Crippen molar-refractivity contribution in [3.05, 3.63) is 35.9 Å². The Morgan fingerprint density at radius 3 is 2.50 bits per heavy atom. The normalized spacial score (nSPS) is 28.2. The van der Waals surface area contributed by atoms with Crippen molar-refractivity contribution in [2.75, 3.05) is 20.1 Å². The topological polar surface area (TPSA) is 55.8 Å². The molecule has 0 bridgehead atoms. The van der Waals surface area contributed by atoms with Gasteiger partial charge in [0, 0.05) is 19.5 Å². The Morgan fingerprint density at radius 2 is 1.82 bits per heavy atom. The molecule has 1 aliphatic carbocycles. The largest absolute Gasteiger partial charge is 0.462 e. The van der Waals surface area contributed by atoms with Crippen molar-refractivity contribution in [2.24, 2.45) is 5.41 Å². The number of ether oxygens (including phenoxy) is 2. The molecule has 5 nitrogen and oxygen atoms in total. The van der Waals surface area contributed by atoms with Crippen LogP contribution in [0.2, 0.25) is 0 Å². The summed E-state index contributed by atoms with van der Waals surface area (Å²) in [7, 11) is 2.09. The fourth-order valence-electron chi connectivity index (χ4n) is 5.22. The van der Waals surface area contributed by atoms with Crippen molar-refractivity contribution in [3.8, 4) is 0 Å². The molecule has 5 heteroatoms.